The minimum absolute atomic E-state index is 0.461. The third-order valence-electron chi connectivity index (χ3n) is 5.50. The van der Waals surface area contributed by atoms with Gasteiger partial charge in [-0.3, -0.25) is 4.90 Å². The topological polar surface area (TPSA) is 15.3 Å². The first-order valence-electron chi connectivity index (χ1n) is 9.01. The first-order valence-corrected chi connectivity index (χ1v) is 9.01. The Balaban J connectivity index is 1.58. The van der Waals surface area contributed by atoms with E-state index in [-0.39, 0.29) is 0 Å². The Morgan fingerprint density at radius 1 is 0.913 bits per heavy atom. The van der Waals surface area contributed by atoms with Gasteiger partial charge in [-0.1, -0.05) is 55.5 Å². The summed E-state index contributed by atoms with van der Waals surface area (Å²) in [6.07, 6.45) is 2.63. The molecule has 0 unspecified atom stereocenters. The Labute approximate surface area is 139 Å². The number of nitrogens with zero attached hydrogens (tertiary/aromatic N) is 1. The third kappa shape index (κ3) is 2.71. The molecule has 2 aromatic rings. The minimum atomic E-state index is 0.461. The van der Waals surface area contributed by atoms with Crippen LogP contribution < -0.4 is 5.32 Å². The zero-order chi connectivity index (χ0) is 15.6. The van der Waals surface area contributed by atoms with Crippen LogP contribution in [-0.2, 0) is 0 Å². The predicted molar refractivity (Wildman–Crippen MR) is 96.6 cm³/mol. The van der Waals surface area contributed by atoms with E-state index in [0.29, 0.717) is 6.04 Å². The van der Waals surface area contributed by atoms with Gasteiger partial charge in [-0.25, -0.2) is 0 Å². The summed E-state index contributed by atoms with van der Waals surface area (Å²) < 4.78 is 0. The molecule has 0 amide bonds. The lowest BCUT2D eigenvalue weighted by Crippen LogP contribution is -2.39. The van der Waals surface area contributed by atoms with Gasteiger partial charge in [-0.15, -0.1) is 0 Å². The van der Waals surface area contributed by atoms with Crippen LogP contribution >= 0.6 is 0 Å². The third-order valence-corrected chi connectivity index (χ3v) is 5.50. The van der Waals surface area contributed by atoms with Crippen LogP contribution in [0.4, 0.5) is 0 Å². The Morgan fingerprint density at radius 2 is 1.48 bits per heavy atom. The fourth-order valence-corrected chi connectivity index (χ4v) is 4.29. The van der Waals surface area contributed by atoms with Crippen LogP contribution in [0.15, 0.2) is 48.5 Å². The summed E-state index contributed by atoms with van der Waals surface area (Å²) in [4.78, 5) is 2.70. The monoisotopic (exact) mass is 306 g/mol. The van der Waals surface area contributed by atoms with Crippen LogP contribution in [0.3, 0.4) is 0 Å². The van der Waals surface area contributed by atoms with Gasteiger partial charge in [0.1, 0.15) is 0 Å². The molecular weight excluding hydrogens is 280 g/mol. The highest BCUT2D eigenvalue weighted by molar-refractivity contribution is 5.78. The molecule has 1 heterocycles. The molecule has 2 aromatic carbocycles. The van der Waals surface area contributed by atoms with E-state index in [2.05, 4.69) is 65.7 Å². The normalized spacial score (nSPS) is 18.8. The van der Waals surface area contributed by atoms with E-state index in [1.54, 1.807) is 0 Å². The molecule has 23 heavy (non-hydrogen) atoms. The van der Waals surface area contributed by atoms with Gasteiger partial charge in [-0.2, -0.15) is 0 Å². The fourth-order valence-electron chi connectivity index (χ4n) is 4.29. The van der Waals surface area contributed by atoms with E-state index >= 15 is 0 Å². The van der Waals surface area contributed by atoms with Crippen molar-refractivity contribution in [3.63, 3.8) is 0 Å². The maximum absolute atomic E-state index is 3.52. The van der Waals surface area contributed by atoms with Crippen LogP contribution in [0, 0.1) is 5.92 Å². The van der Waals surface area contributed by atoms with Crippen LogP contribution in [0.5, 0.6) is 0 Å². The standard InChI is InChI=1S/C21H26N2/c1-2-22-15-16-11-13-23(14-12-16)21-19-9-5-3-7-17(19)18-8-4-6-10-20(18)21/h3-10,16,21-22H,2,11-15H2,1H3. The van der Waals surface area contributed by atoms with Crippen molar-refractivity contribution in [2.45, 2.75) is 25.8 Å². The van der Waals surface area contributed by atoms with Crippen molar-refractivity contribution in [2.75, 3.05) is 26.2 Å². The maximum Gasteiger partial charge on any atom is 0.0614 e. The van der Waals surface area contributed by atoms with E-state index in [9.17, 15) is 0 Å². The number of benzene rings is 2. The van der Waals surface area contributed by atoms with Gasteiger partial charge in [0.2, 0.25) is 0 Å². The van der Waals surface area contributed by atoms with Crippen LogP contribution in [0.25, 0.3) is 11.1 Å². The number of piperidine rings is 1. The molecule has 120 valence electrons. The summed E-state index contributed by atoms with van der Waals surface area (Å²) in [7, 11) is 0. The van der Waals surface area contributed by atoms with E-state index < -0.39 is 0 Å². The first kappa shape index (κ1) is 14.9. The Hall–Kier alpha value is -1.64. The van der Waals surface area contributed by atoms with E-state index in [0.717, 1.165) is 12.5 Å². The lowest BCUT2D eigenvalue weighted by atomic mass is 9.93. The average Bonchev–Trinajstić information content (AvgIpc) is 2.95. The molecule has 1 aliphatic carbocycles. The molecule has 1 N–H and O–H groups in total. The van der Waals surface area contributed by atoms with E-state index in [1.807, 2.05) is 0 Å². The van der Waals surface area contributed by atoms with Crippen LogP contribution in [0.1, 0.15) is 36.9 Å². The predicted octanol–water partition coefficient (Wildman–Crippen LogP) is 4.08. The Kier molecular flexibility index (Phi) is 4.19. The van der Waals surface area contributed by atoms with Gasteiger partial charge >= 0.3 is 0 Å². The summed E-state index contributed by atoms with van der Waals surface area (Å²) in [6, 6.07) is 18.4. The van der Waals surface area contributed by atoms with Crippen molar-refractivity contribution in [1.29, 1.82) is 0 Å². The van der Waals surface area contributed by atoms with Crippen molar-refractivity contribution in [3.8, 4) is 11.1 Å². The fraction of sp³-hybridized carbons (Fsp3) is 0.429. The van der Waals surface area contributed by atoms with E-state index in [1.165, 1.54) is 54.7 Å². The molecule has 0 aromatic heterocycles. The molecule has 4 rings (SSSR count). The van der Waals surface area contributed by atoms with Crippen molar-refractivity contribution in [2.24, 2.45) is 5.92 Å². The molecule has 2 aliphatic rings. The molecule has 1 aliphatic heterocycles. The highest BCUT2D eigenvalue weighted by Gasteiger charge is 2.34. The number of rotatable bonds is 4. The van der Waals surface area contributed by atoms with Crippen LogP contribution in [0.2, 0.25) is 0 Å². The van der Waals surface area contributed by atoms with Gasteiger partial charge in [-0.05, 0) is 67.2 Å². The molecule has 0 saturated carbocycles. The van der Waals surface area contributed by atoms with Gasteiger partial charge in [0, 0.05) is 0 Å². The highest BCUT2D eigenvalue weighted by Crippen LogP contribution is 2.46. The number of fused-ring (bicyclic) bond motifs is 3. The van der Waals surface area contributed by atoms with Crippen molar-refractivity contribution >= 4 is 0 Å². The molecule has 0 bridgehead atoms. The molecule has 0 radical (unpaired) electrons. The minimum Gasteiger partial charge on any atom is -0.317 e. The van der Waals surface area contributed by atoms with Crippen molar-refractivity contribution in [1.82, 2.24) is 10.2 Å². The number of likely N-dealkylation sites (tertiary alicyclic amines) is 1. The lowest BCUT2D eigenvalue weighted by molar-refractivity contribution is 0.152. The molecule has 0 atom stereocenters. The Morgan fingerprint density at radius 3 is 2.04 bits per heavy atom. The second-order valence-electron chi connectivity index (χ2n) is 6.86. The second kappa shape index (κ2) is 6.46. The second-order valence-corrected chi connectivity index (χ2v) is 6.86. The molecule has 0 spiro atoms. The van der Waals surface area contributed by atoms with Crippen molar-refractivity contribution in [3.05, 3.63) is 59.7 Å². The van der Waals surface area contributed by atoms with E-state index in [4.69, 9.17) is 0 Å². The summed E-state index contributed by atoms with van der Waals surface area (Å²) in [5.41, 5.74) is 5.86. The van der Waals surface area contributed by atoms with Gasteiger partial charge < -0.3 is 5.32 Å². The van der Waals surface area contributed by atoms with Crippen molar-refractivity contribution < 1.29 is 0 Å². The first-order chi connectivity index (χ1) is 11.4. The lowest BCUT2D eigenvalue weighted by Gasteiger charge is -2.37. The molecule has 2 heteroatoms. The Bertz CT molecular complexity index is 626. The molecule has 2 nitrogen and oxygen atoms in total. The SMILES string of the molecule is CCNCC1CCN(C2c3ccccc3-c3ccccc32)CC1. The summed E-state index contributed by atoms with van der Waals surface area (Å²) >= 11 is 0. The smallest absolute Gasteiger partial charge is 0.0614 e. The highest BCUT2D eigenvalue weighted by atomic mass is 15.2. The quantitative estimate of drug-likeness (QED) is 0.915. The zero-order valence-electron chi connectivity index (χ0n) is 14.0. The zero-order valence-corrected chi connectivity index (χ0v) is 14.0. The molecule has 1 saturated heterocycles. The number of hydrogen-bond acceptors (Lipinski definition) is 2. The summed E-state index contributed by atoms with van der Waals surface area (Å²) in [5, 5.41) is 3.52. The number of nitrogens with one attached hydrogen (secondary N) is 1. The summed E-state index contributed by atoms with van der Waals surface area (Å²) in [5.74, 6) is 0.845. The molecular formula is C21H26N2. The van der Waals surface area contributed by atoms with Crippen LogP contribution in [-0.4, -0.2) is 31.1 Å². The molecule has 1 fully saturated rings. The van der Waals surface area contributed by atoms with Gasteiger partial charge in [0.25, 0.3) is 0 Å². The average molecular weight is 306 g/mol. The maximum atomic E-state index is 3.52. The summed E-state index contributed by atoms with van der Waals surface area (Å²) in [6.45, 7) is 6.89. The van der Waals surface area contributed by atoms with Gasteiger partial charge in [0.15, 0.2) is 0 Å². The van der Waals surface area contributed by atoms with Gasteiger partial charge in [0.05, 0.1) is 6.04 Å². The number of hydrogen-bond donors (Lipinski definition) is 1. The largest absolute Gasteiger partial charge is 0.317 e.